The van der Waals surface area contributed by atoms with E-state index in [4.69, 9.17) is 23.2 Å². The Balaban J connectivity index is -0.000000539. The Kier molecular flexibility index (Phi) is 23.9. The first kappa shape index (κ1) is 43.5. The van der Waals surface area contributed by atoms with Gasteiger partial charge in [-0.05, 0) is 39.5 Å². The van der Waals surface area contributed by atoms with E-state index in [1.54, 1.807) is 12.1 Å². The minimum absolute atomic E-state index is 0. The molecule has 0 saturated carbocycles. The predicted octanol–water partition coefficient (Wildman–Crippen LogP) is -1.03. The van der Waals surface area contributed by atoms with Gasteiger partial charge < -0.3 is 47.5 Å². The van der Waals surface area contributed by atoms with Crippen LogP contribution in [0.1, 0.15) is 0 Å². The fourth-order valence-electron chi connectivity index (χ4n) is 1.69. The van der Waals surface area contributed by atoms with E-state index in [1.807, 2.05) is 0 Å². The van der Waals surface area contributed by atoms with Crippen LogP contribution in [0.25, 0.3) is 0 Å². The smallest absolute Gasteiger partial charge is 0.809 e. The number of hydrogen-bond acceptors (Lipinski definition) is 12. The first-order valence-electron chi connectivity index (χ1n) is 7.89. The van der Waals surface area contributed by atoms with Crippen molar-refractivity contribution in [1.82, 2.24) is 0 Å². The molecule has 0 aliphatic carbocycles. The average Bonchev–Trinajstić information content (AvgIpc) is 2.67. The van der Waals surface area contributed by atoms with Crippen LogP contribution in [0.2, 0.25) is 0 Å². The monoisotopic (exact) mass is 980 g/mol. The second-order valence-electron chi connectivity index (χ2n) is 5.59. The van der Waals surface area contributed by atoms with Crippen LogP contribution in [0.15, 0.2) is 60.7 Å². The summed E-state index contributed by atoms with van der Waals surface area (Å²) in [7, 11) is -20.9. The van der Waals surface area contributed by atoms with Gasteiger partial charge >= 0.3 is 147 Å². The van der Waals surface area contributed by atoms with E-state index in [1.165, 1.54) is 48.5 Å². The molecule has 12 nitrogen and oxygen atoms in total. The second kappa shape index (κ2) is 19.3. The van der Waals surface area contributed by atoms with E-state index in [-0.39, 0.29) is 158 Å². The van der Waals surface area contributed by atoms with Gasteiger partial charge in [-0.1, -0.05) is 36.4 Å². The largest absolute Gasteiger partial charge is 2.00 e. The summed E-state index contributed by atoms with van der Waals surface area (Å²) < 4.78 is 52.2. The van der Waals surface area contributed by atoms with E-state index >= 15 is 0 Å². The van der Waals surface area contributed by atoms with Gasteiger partial charge in [0.05, 0.1) is 0 Å². The molecule has 0 N–H and O–H groups in total. The molecule has 0 bridgehead atoms. The van der Waals surface area contributed by atoms with Gasteiger partial charge in [0.15, 0.2) is 0 Å². The SMILES string of the molecule is O=P([O-])([O-])C(Cl)P(=O)([O-])Oc1ccccc1.O=P([O-])([O-])C(Cl)P(=O)([O-])Oc1ccccc1.[Ba+2].[Ba+2].[Ba+2]. The van der Waals surface area contributed by atoms with Gasteiger partial charge in [0.2, 0.25) is 15.2 Å². The third-order valence-corrected chi connectivity index (χ3v) is 12.3. The number of benzene rings is 2. The molecule has 21 heteroatoms. The fraction of sp³-hybridized carbons (Fsp3) is 0.143. The zero-order chi connectivity index (χ0) is 24.8. The molecule has 0 radical (unpaired) electrons. The van der Waals surface area contributed by atoms with Crippen molar-refractivity contribution in [3.8, 4) is 11.5 Å². The minimum atomic E-state index is -5.45. The Hall–Kier alpha value is 4.01. The van der Waals surface area contributed by atoms with E-state index in [2.05, 4.69) is 9.05 Å². The number of hydrogen-bond donors (Lipinski definition) is 0. The maximum atomic E-state index is 11.2. The van der Waals surface area contributed by atoms with Gasteiger partial charge in [-0.3, -0.25) is 9.13 Å². The van der Waals surface area contributed by atoms with Crippen molar-refractivity contribution >= 4 is 200 Å². The van der Waals surface area contributed by atoms with Crippen LogP contribution in [-0.4, -0.2) is 156 Å². The molecule has 35 heavy (non-hydrogen) atoms. The quantitative estimate of drug-likeness (QED) is 0.176. The molecule has 0 aliphatic heterocycles. The zero-order valence-corrected chi connectivity index (χ0v) is 35.9. The molecule has 0 aliphatic rings. The molecule has 180 valence electrons. The molecular weight excluding hydrogens is 967 g/mol. The predicted molar refractivity (Wildman–Crippen MR) is 121 cm³/mol. The summed E-state index contributed by atoms with van der Waals surface area (Å²) in [6.45, 7) is 0. The molecule has 0 saturated heterocycles. The molecule has 0 fully saturated rings. The minimum Gasteiger partial charge on any atom is -0.809 e. The Bertz CT molecular complexity index is 987. The van der Waals surface area contributed by atoms with Gasteiger partial charge in [0.1, 0.15) is 21.2 Å². The van der Waals surface area contributed by atoms with Crippen LogP contribution in [0.5, 0.6) is 11.5 Å². The Morgan fingerprint density at radius 1 is 0.543 bits per heavy atom. The van der Waals surface area contributed by atoms with Crippen molar-refractivity contribution in [3.63, 3.8) is 0 Å². The standard InChI is InChI=1S/2C7H9ClO6P2.3Ba/c2*8-7(15(9,10)11)16(12,13)14-6-4-2-1-3-5-6;;;/h2*1-5,7H,(H,12,13)(H2,9,10,11);;;/q;;3*+2/p-6. The van der Waals surface area contributed by atoms with E-state index in [9.17, 15) is 47.6 Å². The summed E-state index contributed by atoms with van der Waals surface area (Å²) >= 11 is 10.0. The topological polar surface area (TPSA) is 225 Å². The summed E-state index contributed by atoms with van der Waals surface area (Å²) in [5, 5.41) is 0. The third kappa shape index (κ3) is 16.9. The first-order chi connectivity index (χ1) is 14.5. The van der Waals surface area contributed by atoms with Gasteiger partial charge in [-0.15, -0.1) is 23.2 Å². The number of halogens is 2. The number of rotatable bonds is 8. The molecule has 2 aromatic rings. The van der Waals surface area contributed by atoms with Crippen molar-refractivity contribution in [2.75, 3.05) is 0 Å². The number of alkyl halides is 2. The Morgan fingerprint density at radius 3 is 0.971 bits per heavy atom. The molecule has 0 spiro atoms. The van der Waals surface area contributed by atoms with Crippen LogP contribution in [0.3, 0.4) is 0 Å². The molecule has 2 rings (SSSR count). The normalized spacial score (nSPS) is 16.0. The summed E-state index contributed by atoms with van der Waals surface area (Å²) in [5.41, 5.74) is 0. The van der Waals surface area contributed by atoms with Crippen LogP contribution in [0.4, 0.5) is 0 Å². The van der Waals surface area contributed by atoms with Gasteiger partial charge in [-0.25, -0.2) is 0 Å². The van der Waals surface area contributed by atoms with Crippen molar-refractivity contribution in [1.29, 1.82) is 0 Å². The van der Waals surface area contributed by atoms with Gasteiger partial charge in [0.25, 0.3) is 0 Å². The molecule has 0 amide bonds. The summed E-state index contributed by atoms with van der Waals surface area (Å²) in [6.07, 6.45) is 0. The van der Waals surface area contributed by atoms with Gasteiger partial charge in [-0.2, -0.15) is 0 Å². The summed E-state index contributed by atoms with van der Waals surface area (Å²) in [6, 6.07) is 14.3. The van der Waals surface area contributed by atoms with Crippen molar-refractivity contribution < 1.29 is 56.7 Å². The summed E-state index contributed by atoms with van der Waals surface area (Å²) in [4.78, 5) is 59.1. The second-order valence-corrected chi connectivity index (χ2v) is 15.2. The first-order valence-corrected chi connectivity index (χ1v) is 15.2. The summed E-state index contributed by atoms with van der Waals surface area (Å²) in [5.74, 6) is -0.222. The van der Waals surface area contributed by atoms with E-state index < -0.39 is 40.1 Å². The van der Waals surface area contributed by atoms with Gasteiger partial charge in [0, 0.05) is 0 Å². The van der Waals surface area contributed by atoms with E-state index in [0.717, 1.165) is 0 Å². The Labute approximate surface area is 331 Å². The molecule has 0 heterocycles. The van der Waals surface area contributed by atoms with Crippen molar-refractivity contribution in [2.24, 2.45) is 0 Å². The van der Waals surface area contributed by atoms with Crippen LogP contribution in [-0.2, 0) is 18.3 Å². The maximum absolute atomic E-state index is 11.2. The molecular formula is C14H12Ba3Cl2O12P4. The number of para-hydroxylation sites is 2. The molecule has 4 atom stereocenters. The van der Waals surface area contributed by atoms with Crippen molar-refractivity contribution in [3.05, 3.63) is 60.7 Å². The zero-order valence-electron chi connectivity index (χ0n) is 17.5. The van der Waals surface area contributed by atoms with E-state index in [0.29, 0.717) is 0 Å². The third-order valence-electron chi connectivity index (χ3n) is 3.00. The molecule has 2 aromatic carbocycles. The Morgan fingerprint density at radius 2 is 0.771 bits per heavy atom. The molecule has 4 unspecified atom stereocenters. The van der Waals surface area contributed by atoms with Crippen LogP contribution >= 0.6 is 53.6 Å². The maximum Gasteiger partial charge on any atom is 2.00 e. The van der Waals surface area contributed by atoms with Crippen molar-refractivity contribution in [2.45, 2.75) is 9.72 Å². The van der Waals surface area contributed by atoms with Crippen LogP contribution in [0, 0.1) is 0 Å². The fourth-order valence-corrected chi connectivity index (χ4v) is 5.99. The molecule has 0 aromatic heterocycles. The van der Waals surface area contributed by atoms with Crippen LogP contribution < -0.4 is 38.4 Å². The average molecular weight is 979 g/mol.